The SMILES string of the molecule is CCc1ccc(C(=O)NCC(C)(C)CCCCl)s1. The number of halogens is 1. The van der Waals surface area contributed by atoms with Crippen molar-refractivity contribution in [3.05, 3.63) is 21.9 Å². The summed E-state index contributed by atoms with van der Waals surface area (Å²) >= 11 is 7.28. The van der Waals surface area contributed by atoms with Gasteiger partial charge in [-0.05, 0) is 36.8 Å². The van der Waals surface area contributed by atoms with E-state index >= 15 is 0 Å². The lowest BCUT2D eigenvalue weighted by molar-refractivity contribution is 0.0938. The molecule has 0 unspecified atom stereocenters. The van der Waals surface area contributed by atoms with Gasteiger partial charge in [0.2, 0.25) is 0 Å². The standard InChI is InChI=1S/C14H22ClNOS/c1-4-11-6-7-12(18-11)13(17)16-10-14(2,3)8-5-9-15/h6-7H,4-5,8-10H2,1-3H3,(H,16,17). The van der Waals surface area contributed by atoms with Gasteiger partial charge in [0.1, 0.15) is 0 Å². The molecule has 1 amide bonds. The molecule has 0 saturated heterocycles. The third-order valence-electron chi connectivity index (χ3n) is 2.95. The van der Waals surface area contributed by atoms with Crippen LogP contribution in [-0.4, -0.2) is 18.3 Å². The number of hydrogen-bond donors (Lipinski definition) is 1. The molecule has 0 bridgehead atoms. The molecule has 0 aliphatic rings. The summed E-state index contributed by atoms with van der Waals surface area (Å²) in [5, 5.41) is 3.01. The highest BCUT2D eigenvalue weighted by Crippen LogP contribution is 2.22. The molecule has 1 aromatic heterocycles. The smallest absolute Gasteiger partial charge is 0.261 e. The highest BCUT2D eigenvalue weighted by Gasteiger charge is 2.19. The van der Waals surface area contributed by atoms with Gasteiger partial charge in [0.05, 0.1) is 4.88 Å². The number of amides is 1. The van der Waals surface area contributed by atoms with Gasteiger partial charge in [-0.1, -0.05) is 20.8 Å². The fourth-order valence-corrected chi connectivity index (χ4v) is 2.73. The van der Waals surface area contributed by atoms with Crippen molar-refractivity contribution < 1.29 is 4.79 Å². The molecule has 0 saturated carbocycles. The zero-order valence-electron chi connectivity index (χ0n) is 11.4. The Morgan fingerprint density at radius 1 is 1.44 bits per heavy atom. The third-order valence-corrected chi connectivity index (χ3v) is 4.44. The lowest BCUT2D eigenvalue weighted by Gasteiger charge is -2.24. The molecule has 0 spiro atoms. The summed E-state index contributed by atoms with van der Waals surface area (Å²) in [6.07, 6.45) is 3.00. The van der Waals surface area contributed by atoms with E-state index in [0.717, 1.165) is 24.1 Å². The molecule has 0 fully saturated rings. The predicted octanol–water partition coefficient (Wildman–Crippen LogP) is 4.09. The van der Waals surface area contributed by atoms with Gasteiger partial charge in [0, 0.05) is 17.3 Å². The van der Waals surface area contributed by atoms with Crippen LogP contribution >= 0.6 is 22.9 Å². The van der Waals surface area contributed by atoms with Crippen LogP contribution in [0.15, 0.2) is 12.1 Å². The summed E-state index contributed by atoms with van der Waals surface area (Å²) in [7, 11) is 0. The molecule has 0 aliphatic heterocycles. The Morgan fingerprint density at radius 2 is 2.17 bits per heavy atom. The van der Waals surface area contributed by atoms with Crippen LogP contribution in [0.2, 0.25) is 0 Å². The third kappa shape index (κ3) is 4.99. The number of alkyl halides is 1. The molecule has 1 aromatic rings. The van der Waals surface area contributed by atoms with E-state index < -0.39 is 0 Å². The van der Waals surface area contributed by atoms with Crippen molar-refractivity contribution in [2.45, 2.75) is 40.0 Å². The number of aryl methyl sites for hydroxylation is 1. The van der Waals surface area contributed by atoms with Crippen LogP contribution in [0.4, 0.5) is 0 Å². The molecule has 1 N–H and O–H groups in total. The second kappa shape index (κ2) is 7.15. The molecule has 4 heteroatoms. The second-order valence-electron chi connectivity index (χ2n) is 5.26. The molecule has 0 radical (unpaired) electrons. The summed E-state index contributed by atoms with van der Waals surface area (Å²) in [6, 6.07) is 3.93. The number of rotatable bonds is 7. The van der Waals surface area contributed by atoms with Gasteiger partial charge >= 0.3 is 0 Å². The van der Waals surface area contributed by atoms with Gasteiger partial charge < -0.3 is 5.32 Å². The highest BCUT2D eigenvalue weighted by molar-refractivity contribution is 7.14. The molecule has 0 aromatic carbocycles. The largest absolute Gasteiger partial charge is 0.351 e. The molecule has 102 valence electrons. The molecule has 2 nitrogen and oxygen atoms in total. The predicted molar refractivity (Wildman–Crippen MR) is 79.8 cm³/mol. The zero-order valence-corrected chi connectivity index (χ0v) is 13.0. The van der Waals surface area contributed by atoms with Gasteiger partial charge in [0.25, 0.3) is 5.91 Å². The monoisotopic (exact) mass is 287 g/mol. The molecule has 1 heterocycles. The Morgan fingerprint density at radius 3 is 2.72 bits per heavy atom. The van der Waals surface area contributed by atoms with Crippen LogP contribution in [0, 0.1) is 5.41 Å². The van der Waals surface area contributed by atoms with Gasteiger partial charge in [-0.3, -0.25) is 4.79 Å². The van der Waals surface area contributed by atoms with E-state index in [-0.39, 0.29) is 11.3 Å². The van der Waals surface area contributed by atoms with E-state index in [1.807, 2.05) is 12.1 Å². The maximum atomic E-state index is 12.0. The molecule has 18 heavy (non-hydrogen) atoms. The molecule has 1 rings (SSSR count). The highest BCUT2D eigenvalue weighted by atomic mass is 35.5. The number of thiophene rings is 1. The van der Waals surface area contributed by atoms with E-state index in [1.165, 1.54) is 4.88 Å². The van der Waals surface area contributed by atoms with Crippen molar-refractivity contribution in [1.82, 2.24) is 5.32 Å². The summed E-state index contributed by atoms with van der Waals surface area (Å²) in [5.41, 5.74) is 0.107. The van der Waals surface area contributed by atoms with E-state index in [1.54, 1.807) is 11.3 Å². The van der Waals surface area contributed by atoms with E-state index in [0.29, 0.717) is 12.4 Å². The maximum Gasteiger partial charge on any atom is 0.261 e. The average Bonchev–Trinajstić information content (AvgIpc) is 2.82. The maximum absolute atomic E-state index is 12.0. The Hall–Kier alpha value is -0.540. The lowest BCUT2D eigenvalue weighted by Crippen LogP contribution is -2.33. The van der Waals surface area contributed by atoms with Crippen LogP contribution in [-0.2, 0) is 6.42 Å². The number of hydrogen-bond acceptors (Lipinski definition) is 2. The summed E-state index contributed by atoms with van der Waals surface area (Å²) in [4.78, 5) is 14.0. The summed E-state index contributed by atoms with van der Waals surface area (Å²) < 4.78 is 0. The first-order valence-corrected chi connectivity index (χ1v) is 7.76. The quantitative estimate of drug-likeness (QED) is 0.752. The van der Waals surface area contributed by atoms with E-state index in [4.69, 9.17) is 11.6 Å². The van der Waals surface area contributed by atoms with Crippen molar-refractivity contribution in [2.75, 3.05) is 12.4 Å². The van der Waals surface area contributed by atoms with Crippen molar-refractivity contribution in [3.8, 4) is 0 Å². The fourth-order valence-electron chi connectivity index (χ4n) is 1.73. The van der Waals surface area contributed by atoms with Crippen molar-refractivity contribution in [1.29, 1.82) is 0 Å². The molecule has 0 aliphatic carbocycles. The van der Waals surface area contributed by atoms with Crippen molar-refractivity contribution in [3.63, 3.8) is 0 Å². The van der Waals surface area contributed by atoms with Gasteiger partial charge in [0.15, 0.2) is 0 Å². The van der Waals surface area contributed by atoms with Crippen LogP contribution in [0.5, 0.6) is 0 Å². The number of carbonyl (C=O) groups excluding carboxylic acids is 1. The minimum Gasteiger partial charge on any atom is -0.351 e. The average molecular weight is 288 g/mol. The minimum absolute atomic E-state index is 0.0404. The Labute approximate surface area is 119 Å². The Balaban J connectivity index is 2.45. The first-order valence-electron chi connectivity index (χ1n) is 6.41. The van der Waals surface area contributed by atoms with E-state index in [9.17, 15) is 4.79 Å². The lowest BCUT2D eigenvalue weighted by atomic mass is 9.88. The van der Waals surface area contributed by atoms with Crippen LogP contribution in [0.25, 0.3) is 0 Å². The van der Waals surface area contributed by atoms with Gasteiger partial charge in [-0.25, -0.2) is 0 Å². The topological polar surface area (TPSA) is 29.1 Å². The van der Waals surface area contributed by atoms with Crippen LogP contribution in [0.1, 0.15) is 48.2 Å². The van der Waals surface area contributed by atoms with Gasteiger partial charge in [-0.2, -0.15) is 0 Å². The molecular formula is C14H22ClNOS. The minimum atomic E-state index is 0.0404. The van der Waals surface area contributed by atoms with Crippen molar-refractivity contribution in [2.24, 2.45) is 5.41 Å². The van der Waals surface area contributed by atoms with Crippen molar-refractivity contribution >= 4 is 28.8 Å². The van der Waals surface area contributed by atoms with E-state index in [2.05, 4.69) is 26.1 Å². The van der Waals surface area contributed by atoms with Gasteiger partial charge in [-0.15, -0.1) is 22.9 Å². The normalized spacial score (nSPS) is 11.6. The van der Waals surface area contributed by atoms with Crippen LogP contribution in [0.3, 0.4) is 0 Å². The first kappa shape index (κ1) is 15.5. The second-order valence-corrected chi connectivity index (χ2v) is 6.81. The molecular weight excluding hydrogens is 266 g/mol. The summed E-state index contributed by atoms with van der Waals surface area (Å²) in [6.45, 7) is 7.11. The zero-order chi connectivity index (χ0) is 13.6. The van der Waals surface area contributed by atoms with Crippen LogP contribution < -0.4 is 5.32 Å². The Kier molecular flexibility index (Phi) is 6.16. The molecule has 0 atom stereocenters. The first-order chi connectivity index (χ1) is 8.48. The summed E-state index contributed by atoms with van der Waals surface area (Å²) in [5.74, 6) is 0.723. The number of carbonyl (C=O) groups is 1. The Bertz CT molecular complexity index is 387. The number of nitrogens with one attached hydrogen (secondary N) is 1. The fraction of sp³-hybridized carbons (Fsp3) is 0.643.